The van der Waals surface area contributed by atoms with E-state index in [1.54, 1.807) is 0 Å². The number of likely N-dealkylation sites (tertiary alicyclic amines) is 1. The van der Waals surface area contributed by atoms with Crippen molar-refractivity contribution in [3.8, 4) is 6.07 Å². The van der Waals surface area contributed by atoms with Gasteiger partial charge in [0.25, 0.3) is 0 Å². The van der Waals surface area contributed by atoms with E-state index in [1.807, 2.05) is 0 Å². The summed E-state index contributed by atoms with van der Waals surface area (Å²) in [5.41, 5.74) is 0.590. The Labute approximate surface area is 94.3 Å². The first kappa shape index (κ1) is 12.5. The van der Waals surface area contributed by atoms with Gasteiger partial charge in [0.1, 0.15) is 0 Å². The van der Waals surface area contributed by atoms with Gasteiger partial charge in [0.15, 0.2) is 0 Å². The van der Waals surface area contributed by atoms with Gasteiger partial charge in [-0.2, -0.15) is 5.26 Å². The van der Waals surface area contributed by atoms with Crippen LogP contribution in [0.2, 0.25) is 0 Å². The normalized spacial score (nSPS) is 21.7. The molecule has 1 fully saturated rings. The Bertz CT molecular complexity index is 215. The highest BCUT2D eigenvalue weighted by Gasteiger charge is 2.42. The maximum absolute atomic E-state index is 8.67. The first-order valence-electron chi connectivity index (χ1n) is 6.28. The second-order valence-electron chi connectivity index (χ2n) is 5.12. The van der Waals surface area contributed by atoms with Crippen LogP contribution in [0.3, 0.4) is 0 Å². The molecule has 0 bridgehead atoms. The maximum atomic E-state index is 8.67. The van der Waals surface area contributed by atoms with Crippen LogP contribution in [0.25, 0.3) is 0 Å². The van der Waals surface area contributed by atoms with Gasteiger partial charge in [-0.25, -0.2) is 0 Å². The monoisotopic (exact) mass is 208 g/mol. The molecule has 0 saturated carbocycles. The topological polar surface area (TPSA) is 27.0 Å². The Morgan fingerprint density at radius 3 is 2.20 bits per heavy atom. The van der Waals surface area contributed by atoms with E-state index in [9.17, 15) is 0 Å². The lowest BCUT2D eigenvalue weighted by atomic mass is 9.72. The van der Waals surface area contributed by atoms with Crippen LogP contribution in [0.15, 0.2) is 0 Å². The van der Waals surface area contributed by atoms with Crippen LogP contribution in [0.4, 0.5) is 0 Å². The van der Waals surface area contributed by atoms with E-state index < -0.39 is 0 Å². The van der Waals surface area contributed by atoms with Gasteiger partial charge in [0, 0.05) is 19.1 Å². The van der Waals surface area contributed by atoms with Crippen LogP contribution in [-0.4, -0.2) is 24.0 Å². The standard InChI is InChI=1S/C13H24N2/c1-4-7-13(8-5-2)10-15(11-13)12(3)6-9-14/h12H,4-8,10-11H2,1-3H3. The third-order valence-electron chi connectivity index (χ3n) is 3.65. The second kappa shape index (κ2) is 5.51. The summed E-state index contributed by atoms with van der Waals surface area (Å²) in [6, 6.07) is 2.72. The van der Waals surface area contributed by atoms with Crippen molar-refractivity contribution in [1.82, 2.24) is 4.90 Å². The molecule has 0 N–H and O–H groups in total. The minimum absolute atomic E-state index is 0.455. The molecule has 0 aliphatic carbocycles. The van der Waals surface area contributed by atoms with E-state index in [4.69, 9.17) is 5.26 Å². The van der Waals surface area contributed by atoms with Gasteiger partial charge in [-0.15, -0.1) is 0 Å². The summed E-state index contributed by atoms with van der Waals surface area (Å²) in [6.07, 6.45) is 5.97. The maximum Gasteiger partial charge on any atom is 0.0638 e. The summed E-state index contributed by atoms with van der Waals surface area (Å²) in [5, 5.41) is 8.67. The third kappa shape index (κ3) is 2.95. The van der Waals surface area contributed by atoms with Crippen LogP contribution in [0.1, 0.15) is 52.9 Å². The third-order valence-corrected chi connectivity index (χ3v) is 3.65. The van der Waals surface area contributed by atoms with Gasteiger partial charge in [0.05, 0.1) is 12.5 Å². The van der Waals surface area contributed by atoms with E-state index >= 15 is 0 Å². The number of nitriles is 1. The zero-order valence-electron chi connectivity index (χ0n) is 10.4. The molecule has 1 heterocycles. The molecule has 1 atom stereocenters. The minimum Gasteiger partial charge on any atom is -0.298 e. The Kier molecular flexibility index (Phi) is 4.60. The first-order chi connectivity index (χ1) is 7.17. The summed E-state index contributed by atoms with van der Waals surface area (Å²) >= 11 is 0. The number of rotatable bonds is 6. The summed E-state index contributed by atoms with van der Waals surface area (Å²) in [6.45, 7) is 9.16. The van der Waals surface area contributed by atoms with Gasteiger partial charge in [-0.3, -0.25) is 4.90 Å². The fourth-order valence-corrected chi connectivity index (χ4v) is 2.89. The quantitative estimate of drug-likeness (QED) is 0.670. The fraction of sp³-hybridized carbons (Fsp3) is 0.923. The van der Waals surface area contributed by atoms with Gasteiger partial charge in [0.2, 0.25) is 0 Å². The van der Waals surface area contributed by atoms with Crippen LogP contribution in [0, 0.1) is 16.7 Å². The van der Waals surface area contributed by atoms with Crippen LogP contribution >= 0.6 is 0 Å². The first-order valence-corrected chi connectivity index (χ1v) is 6.28. The Morgan fingerprint density at radius 2 is 1.80 bits per heavy atom. The highest BCUT2D eigenvalue weighted by molar-refractivity contribution is 4.97. The molecule has 1 rings (SSSR count). The molecule has 0 spiro atoms. The van der Waals surface area contributed by atoms with Crippen molar-refractivity contribution >= 4 is 0 Å². The van der Waals surface area contributed by atoms with E-state index in [1.165, 1.54) is 38.8 Å². The lowest BCUT2D eigenvalue weighted by Gasteiger charge is -2.53. The van der Waals surface area contributed by atoms with E-state index in [0.717, 1.165) is 0 Å². The molecule has 0 aromatic heterocycles. The van der Waals surface area contributed by atoms with Crippen molar-refractivity contribution in [2.75, 3.05) is 13.1 Å². The van der Waals surface area contributed by atoms with Gasteiger partial charge in [-0.1, -0.05) is 26.7 Å². The molecule has 0 aromatic rings. The van der Waals surface area contributed by atoms with Crippen molar-refractivity contribution in [2.24, 2.45) is 5.41 Å². The lowest BCUT2D eigenvalue weighted by Crippen LogP contribution is -2.59. The minimum atomic E-state index is 0.455. The number of nitrogens with zero attached hydrogens (tertiary/aromatic N) is 2. The van der Waals surface area contributed by atoms with E-state index in [-0.39, 0.29) is 0 Å². The highest BCUT2D eigenvalue weighted by atomic mass is 15.2. The van der Waals surface area contributed by atoms with Crippen molar-refractivity contribution in [3.05, 3.63) is 0 Å². The molecule has 2 nitrogen and oxygen atoms in total. The van der Waals surface area contributed by atoms with Crippen LogP contribution in [-0.2, 0) is 0 Å². The molecule has 1 saturated heterocycles. The SMILES string of the molecule is CCCC1(CCC)CN(C(C)CC#N)C1. The predicted octanol–water partition coefficient (Wildman–Crippen LogP) is 3.19. The molecule has 1 aliphatic heterocycles. The second-order valence-corrected chi connectivity index (χ2v) is 5.12. The summed E-state index contributed by atoms with van der Waals surface area (Å²) in [7, 11) is 0. The van der Waals surface area contributed by atoms with Gasteiger partial charge < -0.3 is 0 Å². The summed E-state index contributed by atoms with van der Waals surface area (Å²) in [5.74, 6) is 0. The zero-order chi connectivity index (χ0) is 11.3. The molecule has 0 aromatic carbocycles. The largest absolute Gasteiger partial charge is 0.298 e. The van der Waals surface area contributed by atoms with Crippen molar-refractivity contribution in [2.45, 2.75) is 58.9 Å². The van der Waals surface area contributed by atoms with E-state index in [0.29, 0.717) is 17.9 Å². The average molecular weight is 208 g/mol. The lowest BCUT2D eigenvalue weighted by molar-refractivity contribution is -0.0381. The summed E-state index contributed by atoms with van der Waals surface area (Å²) < 4.78 is 0. The molecule has 0 radical (unpaired) electrons. The predicted molar refractivity (Wildman–Crippen MR) is 63.5 cm³/mol. The number of hydrogen-bond donors (Lipinski definition) is 0. The molecular formula is C13H24N2. The van der Waals surface area contributed by atoms with Crippen molar-refractivity contribution < 1.29 is 0 Å². The molecule has 2 heteroatoms. The molecule has 1 unspecified atom stereocenters. The molecule has 0 amide bonds. The molecule has 86 valence electrons. The van der Waals surface area contributed by atoms with Crippen molar-refractivity contribution in [3.63, 3.8) is 0 Å². The molecule has 15 heavy (non-hydrogen) atoms. The fourth-order valence-electron chi connectivity index (χ4n) is 2.89. The molecule has 1 aliphatic rings. The Balaban J connectivity index is 2.39. The van der Waals surface area contributed by atoms with Crippen molar-refractivity contribution in [1.29, 1.82) is 5.26 Å². The zero-order valence-corrected chi connectivity index (χ0v) is 10.4. The smallest absolute Gasteiger partial charge is 0.0638 e. The van der Waals surface area contributed by atoms with Crippen LogP contribution < -0.4 is 0 Å². The highest BCUT2D eigenvalue weighted by Crippen LogP contribution is 2.40. The Morgan fingerprint density at radius 1 is 1.27 bits per heavy atom. The Hall–Kier alpha value is -0.550. The average Bonchev–Trinajstić information content (AvgIpc) is 2.14. The van der Waals surface area contributed by atoms with Gasteiger partial charge >= 0.3 is 0 Å². The molecular weight excluding hydrogens is 184 g/mol. The number of hydrogen-bond acceptors (Lipinski definition) is 2. The van der Waals surface area contributed by atoms with E-state index in [2.05, 4.69) is 31.7 Å². The van der Waals surface area contributed by atoms with Crippen LogP contribution in [0.5, 0.6) is 0 Å². The summed E-state index contributed by atoms with van der Waals surface area (Å²) in [4.78, 5) is 2.47. The van der Waals surface area contributed by atoms with Gasteiger partial charge in [-0.05, 0) is 25.2 Å².